The highest BCUT2D eigenvalue weighted by molar-refractivity contribution is 5.90. The molecule has 0 bridgehead atoms. The average molecular weight is 286 g/mol. The van der Waals surface area contributed by atoms with Crippen molar-refractivity contribution in [2.75, 3.05) is 13.7 Å². The van der Waals surface area contributed by atoms with Gasteiger partial charge in [-0.25, -0.2) is 4.79 Å². The third kappa shape index (κ3) is 4.48. The Morgan fingerprint density at radius 2 is 2.10 bits per heavy atom. The Bertz CT molecular complexity index is 377. The Morgan fingerprint density at radius 1 is 1.40 bits per heavy atom. The van der Waals surface area contributed by atoms with Crippen molar-refractivity contribution in [3.05, 3.63) is 0 Å². The summed E-state index contributed by atoms with van der Waals surface area (Å²) in [5.41, 5.74) is -0.739. The van der Waals surface area contributed by atoms with Gasteiger partial charge in [0.15, 0.2) is 0 Å². The van der Waals surface area contributed by atoms with Gasteiger partial charge in [-0.15, -0.1) is 0 Å². The number of carboxylic acids is 1. The van der Waals surface area contributed by atoms with Crippen molar-refractivity contribution in [3.8, 4) is 0 Å². The van der Waals surface area contributed by atoms with E-state index < -0.39 is 23.5 Å². The largest absolute Gasteiger partial charge is 0.480 e. The first-order valence-electron chi connectivity index (χ1n) is 6.74. The molecule has 3 N–H and O–H groups in total. The maximum absolute atomic E-state index is 12.2. The number of rotatable bonds is 6. The lowest BCUT2D eigenvalue weighted by molar-refractivity contribution is -0.145. The van der Waals surface area contributed by atoms with Gasteiger partial charge in [-0.05, 0) is 39.2 Å². The van der Waals surface area contributed by atoms with E-state index in [1.54, 1.807) is 6.92 Å². The zero-order valence-corrected chi connectivity index (χ0v) is 11.9. The van der Waals surface area contributed by atoms with Crippen molar-refractivity contribution < 1.29 is 24.2 Å². The zero-order chi connectivity index (χ0) is 15.2. The number of carboxylic acid groups (broad SMARTS) is 1. The van der Waals surface area contributed by atoms with Gasteiger partial charge < -0.3 is 20.5 Å². The highest BCUT2D eigenvalue weighted by atomic mass is 16.5. The summed E-state index contributed by atoms with van der Waals surface area (Å²) >= 11 is 0. The third-order valence-electron chi connectivity index (χ3n) is 3.59. The molecule has 1 aliphatic rings. The summed E-state index contributed by atoms with van der Waals surface area (Å²) in [6, 6.07) is -1.08. The molecular formula is C13H22N2O5. The van der Waals surface area contributed by atoms with Crippen LogP contribution in [0.25, 0.3) is 0 Å². The summed E-state index contributed by atoms with van der Waals surface area (Å²) in [4.78, 5) is 34.4. The van der Waals surface area contributed by atoms with Crippen LogP contribution < -0.4 is 10.6 Å². The molecule has 114 valence electrons. The molecule has 1 fully saturated rings. The summed E-state index contributed by atoms with van der Waals surface area (Å²) in [7, 11) is 1.24. The van der Waals surface area contributed by atoms with Crippen LogP contribution in [-0.4, -0.2) is 48.2 Å². The Kier molecular flexibility index (Phi) is 5.94. The molecule has 0 spiro atoms. The van der Waals surface area contributed by atoms with Crippen LogP contribution >= 0.6 is 0 Å². The maximum Gasteiger partial charge on any atom is 0.326 e. The summed E-state index contributed by atoms with van der Waals surface area (Å²) in [5.74, 6) is -1.98. The molecule has 7 nitrogen and oxygen atoms in total. The van der Waals surface area contributed by atoms with Gasteiger partial charge in [0, 0.05) is 6.42 Å². The first-order chi connectivity index (χ1) is 9.39. The second-order valence-corrected chi connectivity index (χ2v) is 5.20. The van der Waals surface area contributed by atoms with Gasteiger partial charge in [-0.1, -0.05) is 0 Å². The number of carbonyl (C=O) groups excluding carboxylic acids is 2. The van der Waals surface area contributed by atoms with Crippen molar-refractivity contribution in [1.82, 2.24) is 10.6 Å². The Balaban J connectivity index is 2.58. The highest BCUT2D eigenvalue weighted by Gasteiger charge is 2.36. The molecule has 0 aromatic rings. The molecule has 1 amide bonds. The second kappa shape index (κ2) is 7.23. The summed E-state index contributed by atoms with van der Waals surface area (Å²) in [5, 5.41) is 14.7. The molecule has 1 aliphatic heterocycles. The highest BCUT2D eigenvalue weighted by Crippen LogP contribution is 2.19. The van der Waals surface area contributed by atoms with Crippen LogP contribution in [0.1, 0.15) is 39.0 Å². The molecule has 2 atom stereocenters. The third-order valence-corrected chi connectivity index (χ3v) is 3.59. The monoisotopic (exact) mass is 286 g/mol. The number of esters is 1. The molecule has 20 heavy (non-hydrogen) atoms. The molecule has 7 heteroatoms. The number of amides is 1. The van der Waals surface area contributed by atoms with Gasteiger partial charge in [0.05, 0.1) is 12.6 Å². The lowest BCUT2D eigenvalue weighted by Gasteiger charge is -2.34. The first-order valence-corrected chi connectivity index (χ1v) is 6.74. The molecule has 0 aromatic carbocycles. The van der Waals surface area contributed by atoms with E-state index in [1.165, 1.54) is 7.11 Å². The number of hydrogen-bond acceptors (Lipinski definition) is 5. The minimum Gasteiger partial charge on any atom is -0.480 e. The number of carbonyl (C=O) groups is 3. The molecular weight excluding hydrogens is 264 g/mol. The number of piperidine rings is 1. The van der Waals surface area contributed by atoms with Crippen molar-refractivity contribution in [1.29, 1.82) is 0 Å². The Hall–Kier alpha value is -1.63. The Labute approximate surface area is 118 Å². The first kappa shape index (κ1) is 16.4. The topological polar surface area (TPSA) is 105 Å². The number of nitrogens with one attached hydrogen (secondary N) is 2. The van der Waals surface area contributed by atoms with E-state index in [4.69, 9.17) is 5.11 Å². The number of methoxy groups -OCH3 is 1. The van der Waals surface area contributed by atoms with Crippen LogP contribution in [0.4, 0.5) is 0 Å². The SMILES string of the molecule is COC(=O)CC[C@@H](NC(=O)C1(C)CCCCN1)C(=O)O. The second-order valence-electron chi connectivity index (χ2n) is 5.20. The van der Waals surface area contributed by atoms with Crippen LogP contribution in [0.2, 0.25) is 0 Å². The molecule has 1 rings (SSSR count). The predicted octanol–water partition coefficient (Wildman–Crippen LogP) is 0.0412. The molecule has 0 aromatic heterocycles. The summed E-state index contributed by atoms with van der Waals surface area (Å²) < 4.78 is 4.46. The van der Waals surface area contributed by atoms with Crippen LogP contribution in [0.15, 0.2) is 0 Å². The lowest BCUT2D eigenvalue weighted by Crippen LogP contribution is -2.59. The van der Waals surface area contributed by atoms with E-state index in [2.05, 4.69) is 15.4 Å². The molecule has 1 unspecified atom stereocenters. The predicted molar refractivity (Wildman–Crippen MR) is 71.1 cm³/mol. The van der Waals surface area contributed by atoms with E-state index >= 15 is 0 Å². The van der Waals surface area contributed by atoms with Crippen molar-refractivity contribution in [2.45, 2.75) is 50.6 Å². The van der Waals surface area contributed by atoms with E-state index in [1.807, 2.05) is 0 Å². The normalized spacial score (nSPS) is 23.7. The molecule has 0 aliphatic carbocycles. The molecule has 1 saturated heterocycles. The zero-order valence-electron chi connectivity index (χ0n) is 11.9. The summed E-state index contributed by atoms with van der Waals surface area (Å²) in [6.07, 6.45) is 2.58. The fourth-order valence-electron chi connectivity index (χ4n) is 2.19. The van der Waals surface area contributed by atoms with Gasteiger partial charge in [0.1, 0.15) is 6.04 Å². The number of ether oxygens (including phenoxy) is 1. The minimum absolute atomic E-state index is 0.0177. The van der Waals surface area contributed by atoms with Gasteiger partial charge in [0.2, 0.25) is 5.91 Å². The van der Waals surface area contributed by atoms with E-state index in [-0.39, 0.29) is 18.7 Å². The lowest BCUT2D eigenvalue weighted by atomic mass is 9.89. The van der Waals surface area contributed by atoms with Crippen molar-refractivity contribution in [3.63, 3.8) is 0 Å². The van der Waals surface area contributed by atoms with Crippen LogP contribution in [0.3, 0.4) is 0 Å². The van der Waals surface area contributed by atoms with Gasteiger partial charge in [-0.2, -0.15) is 0 Å². The number of hydrogen-bond donors (Lipinski definition) is 3. The quantitative estimate of drug-likeness (QED) is 0.596. The molecule has 0 radical (unpaired) electrons. The van der Waals surface area contributed by atoms with E-state index in [0.717, 1.165) is 19.4 Å². The fourth-order valence-corrected chi connectivity index (χ4v) is 2.19. The van der Waals surface area contributed by atoms with E-state index in [9.17, 15) is 14.4 Å². The fraction of sp³-hybridized carbons (Fsp3) is 0.769. The van der Waals surface area contributed by atoms with Crippen molar-refractivity contribution >= 4 is 17.8 Å². The van der Waals surface area contributed by atoms with E-state index in [0.29, 0.717) is 6.42 Å². The van der Waals surface area contributed by atoms with Gasteiger partial charge in [-0.3, -0.25) is 9.59 Å². The van der Waals surface area contributed by atoms with Gasteiger partial charge >= 0.3 is 11.9 Å². The van der Waals surface area contributed by atoms with Crippen molar-refractivity contribution in [2.24, 2.45) is 0 Å². The minimum atomic E-state index is -1.15. The molecule has 0 saturated carbocycles. The van der Waals surface area contributed by atoms with Gasteiger partial charge in [0.25, 0.3) is 0 Å². The standard InChI is InChI=1S/C13H22N2O5/c1-13(7-3-4-8-14-13)12(19)15-9(11(17)18)5-6-10(16)20-2/h9,14H,3-8H2,1-2H3,(H,15,19)(H,17,18)/t9-,13?/m1/s1. The van der Waals surface area contributed by atoms with Crippen LogP contribution in [0.5, 0.6) is 0 Å². The molecule has 1 heterocycles. The Morgan fingerprint density at radius 3 is 2.60 bits per heavy atom. The smallest absolute Gasteiger partial charge is 0.326 e. The summed E-state index contributed by atoms with van der Waals surface area (Å²) in [6.45, 7) is 2.50. The number of aliphatic carboxylic acids is 1. The van der Waals surface area contributed by atoms with Crippen LogP contribution in [0, 0.1) is 0 Å². The average Bonchev–Trinajstić information content (AvgIpc) is 2.43. The maximum atomic E-state index is 12.2. The van der Waals surface area contributed by atoms with Crippen LogP contribution in [-0.2, 0) is 19.1 Å².